The van der Waals surface area contributed by atoms with Crippen molar-refractivity contribution < 1.29 is 63.9 Å². The van der Waals surface area contributed by atoms with Crippen LogP contribution in [0.15, 0.2) is 30.3 Å². The highest BCUT2D eigenvalue weighted by molar-refractivity contribution is 6.02. The molecule has 0 saturated carbocycles. The molecule has 41 heavy (non-hydrogen) atoms. The molecule has 5 rings (SSSR count). The highest BCUT2D eigenvalue weighted by Gasteiger charge is 2.43. The quantitative estimate of drug-likeness (QED) is 0.272. The number of phenolic OH excluding ortho intramolecular Hbond substituents is 2. The predicted molar refractivity (Wildman–Crippen MR) is 138 cm³/mol. The minimum absolute atomic E-state index is 0.00906. The molecule has 0 aromatic heterocycles. The van der Waals surface area contributed by atoms with Gasteiger partial charge in [0, 0.05) is 25.0 Å². The van der Waals surface area contributed by atoms with Crippen LogP contribution >= 0.6 is 0 Å². The topological polar surface area (TPSA) is 194 Å². The lowest BCUT2D eigenvalue weighted by Crippen LogP contribution is -2.57. The third-order valence-electron chi connectivity index (χ3n) is 7.41. The largest absolute Gasteiger partial charge is 0.507 e. The Balaban J connectivity index is 1.25. The van der Waals surface area contributed by atoms with Gasteiger partial charge < -0.3 is 59.1 Å². The second kappa shape index (κ2) is 12.0. The standard InChI is InChI=1S/C28H34O13/c1-12-25(33)26(34)27(35)28(38-12)37-11-16-6-14(29)7-23(40-16)39-15-8-18(31)24-19(32)10-21(41-22(24)9-15)13-3-4-20(36-2)17(30)5-13/h3-5,8-9,12,14,16,21,23,25-31,33-35H,6-7,10-11H2,1-2H3/t12-,14-,16-,21?,23+,25-,26+,27+,28+/m0/s1. The zero-order chi connectivity index (χ0) is 29.4. The van der Waals surface area contributed by atoms with Crippen LogP contribution in [0.25, 0.3) is 0 Å². The summed E-state index contributed by atoms with van der Waals surface area (Å²) < 4.78 is 33.9. The molecule has 2 fully saturated rings. The number of Topliss-reactive ketones (excluding diaryl/α,β-unsaturated/α-hetero) is 1. The van der Waals surface area contributed by atoms with E-state index in [-0.39, 0.29) is 66.0 Å². The first kappa shape index (κ1) is 29.3. The fraction of sp³-hybridized carbons (Fsp3) is 0.536. The molecule has 3 heterocycles. The zero-order valence-electron chi connectivity index (χ0n) is 22.5. The summed E-state index contributed by atoms with van der Waals surface area (Å²) in [7, 11) is 1.42. The Labute approximate surface area is 235 Å². The van der Waals surface area contributed by atoms with E-state index < -0.39 is 55.3 Å². The summed E-state index contributed by atoms with van der Waals surface area (Å²) in [6, 6.07) is 7.38. The van der Waals surface area contributed by atoms with E-state index in [4.69, 9.17) is 28.4 Å². The molecule has 2 aromatic carbocycles. The summed E-state index contributed by atoms with van der Waals surface area (Å²) in [5.41, 5.74) is 0.549. The van der Waals surface area contributed by atoms with Crippen molar-refractivity contribution in [3.05, 3.63) is 41.5 Å². The van der Waals surface area contributed by atoms with Crippen LogP contribution < -0.4 is 14.2 Å². The fourth-order valence-electron chi connectivity index (χ4n) is 5.21. The molecule has 3 aliphatic rings. The molecule has 224 valence electrons. The molecule has 3 aliphatic heterocycles. The van der Waals surface area contributed by atoms with Crippen molar-refractivity contribution in [1.82, 2.24) is 0 Å². The Kier molecular flexibility index (Phi) is 8.57. The van der Waals surface area contributed by atoms with Gasteiger partial charge in [-0.05, 0) is 24.6 Å². The van der Waals surface area contributed by atoms with E-state index in [9.17, 15) is 35.4 Å². The van der Waals surface area contributed by atoms with Crippen molar-refractivity contribution >= 4 is 5.78 Å². The van der Waals surface area contributed by atoms with Gasteiger partial charge in [-0.3, -0.25) is 4.79 Å². The molecule has 13 heteroatoms. The lowest BCUT2D eigenvalue weighted by atomic mass is 9.95. The molecule has 0 amide bonds. The third kappa shape index (κ3) is 6.21. The SMILES string of the molecule is COc1ccc(C2CC(=O)c3c(O)cc(O[C@H]4C[C@@H](O)C[C@@H](CO[C@@H]5O[C@@H](C)[C@H](O)[C@@H](O)[C@H]5O)O4)cc3O2)cc1O. The minimum atomic E-state index is -1.48. The predicted octanol–water partition coefficient (Wildman–Crippen LogP) is 0.902. The molecule has 9 atom stereocenters. The number of aliphatic hydroxyl groups is 4. The third-order valence-corrected chi connectivity index (χ3v) is 7.41. The first-order valence-electron chi connectivity index (χ1n) is 13.3. The first-order valence-corrected chi connectivity index (χ1v) is 13.3. The smallest absolute Gasteiger partial charge is 0.202 e. The van der Waals surface area contributed by atoms with Gasteiger partial charge in [0.05, 0.1) is 38.4 Å². The first-order chi connectivity index (χ1) is 19.5. The van der Waals surface area contributed by atoms with Crippen molar-refractivity contribution in [3.8, 4) is 28.7 Å². The van der Waals surface area contributed by atoms with Crippen LogP contribution in [0, 0.1) is 0 Å². The van der Waals surface area contributed by atoms with Gasteiger partial charge in [-0.2, -0.15) is 0 Å². The number of carbonyl (C=O) groups is 1. The average molecular weight is 579 g/mol. The number of carbonyl (C=O) groups excluding carboxylic acids is 1. The number of aliphatic hydroxyl groups excluding tert-OH is 4. The van der Waals surface area contributed by atoms with Crippen molar-refractivity contribution in [2.75, 3.05) is 13.7 Å². The second-order valence-corrected chi connectivity index (χ2v) is 10.4. The van der Waals surface area contributed by atoms with Gasteiger partial charge >= 0.3 is 0 Å². The van der Waals surface area contributed by atoms with E-state index in [1.54, 1.807) is 12.1 Å². The molecule has 0 aliphatic carbocycles. The van der Waals surface area contributed by atoms with E-state index in [2.05, 4.69) is 0 Å². The van der Waals surface area contributed by atoms with E-state index in [1.165, 1.54) is 32.2 Å². The number of aromatic hydroxyl groups is 2. The lowest BCUT2D eigenvalue weighted by molar-refractivity contribution is -0.303. The average Bonchev–Trinajstić information content (AvgIpc) is 2.92. The number of phenols is 2. The molecule has 0 bridgehead atoms. The monoisotopic (exact) mass is 578 g/mol. The summed E-state index contributed by atoms with van der Waals surface area (Å²) in [4.78, 5) is 12.9. The summed E-state index contributed by atoms with van der Waals surface area (Å²) in [6.45, 7) is 1.42. The summed E-state index contributed by atoms with van der Waals surface area (Å²) in [5, 5.41) is 61.2. The van der Waals surface area contributed by atoms with Gasteiger partial charge in [0.15, 0.2) is 23.6 Å². The van der Waals surface area contributed by atoms with Crippen LogP contribution in [-0.4, -0.2) is 99.3 Å². The maximum absolute atomic E-state index is 12.9. The van der Waals surface area contributed by atoms with Crippen LogP contribution in [0.1, 0.15) is 48.2 Å². The Morgan fingerprint density at radius 3 is 2.46 bits per heavy atom. The lowest BCUT2D eigenvalue weighted by Gasteiger charge is -2.40. The highest BCUT2D eigenvalue weighted by atomic mass is 16.7. The maximum Gasteiger partial charge on any atom is 0.202 e. The normalized spacial score (nSPS) is 33.5. The van der Waals surface area contributed by atoms with Crippen LogP contribution in [0.2, 0.25) is 0 Å². The number of benzene rings is 2. The number of hydrogen-bond acceptors (Lipinski definition) is 13. The maximum atomic E-state index is 12.9. The number of rotatable bonds is 7. The van der Waals surface area contributed by atoms with Gasteiger partial charge in [-0.25, -0.2) is 0 Å². The molecule has 0 radical (unpaired) electrons. The van der Waals surface area contributed by atoms with E-state index in [0.717, 1.165) is 0 Å². The van der Waals surface area contributed by atoms with Gasteiger partial charge in [-0.15, -0.1) is 0 Å². The molecule has 2 aromatic rings. The van der Waals surface area contributed by atoms with Gasteiger partial charge in [0.1, 0.15) is 47.2 Å². The molecule has 1 unspecified atom stereocenters. The highest BCUT2D eigenvalue weighted by Crippen LogP contribution is 2.43. The number of methoxy groups -OCH3 is 1. The van der Waals surface area contributed by atoms with Crippen molar-refractivity contribution in [2.45, 2.75) is 81.5 Å². The van der Waals surface area contributed by atoms with Gasteiger partial charge in [-0.1, -0.05) is 6.07 Å². The Bertz CT molecular complexity index is 1250. The van der Waals surface area contributed by atoms with Gasteiger partial charge in [0.25, 0.3) is 0 Å². The number of ether oxygens (including phenoxy) is 6. The van der Waals surface area contributed by atoms with E-state index >= 15 is 0 Å². The number of hydrogen-bond donors (Lipinski definition) is 6. The van der Waals surface area contributed by atoms with Gasteiger partial charge in [0.2, 0.25) is 6.29 Å². The summed E-state index contributed by atoms with van der Waals surface area (Å²) in [5.74, 6) is -0.305. The minimum Gasteiger partial charge on any atom is -0.507 e. The molecule has 6 N–H and O–H groups in total. The molecular formula is C28H34O13. The molecule has 13 nitrogen and oxygen atoms in total. The van der Waals surface area contributed by atoms with Crippen LogP contribution in [0.5, 0.6) is 28.7 Å². The van der Waals surface area contributed by atoms with Crippen LogP contribution in [0.4, 0.5) is 0 Å². The molecular weight excluding hydrogens is 544 g/mol. The summed E-state index contributed by atoms with van der Waals surface area (Å²) >= 11 is 0. The Morgan fingerprint density at radius 2 is 1.73 bits per heavy atom. The van der Waals surface area contributed by atoms with Crippen LogP contribution in [0.3, 0.4) is 0 Å². The number of ketones is 1. The zero-order valence-corrected chi connectivity index (χ0v) is 22.5. The van der Waals surface area contributed by atoms with Crippen molar-refractivity contribution in [1.29, 1.82) is 0 Å². The fourth-order valence-corrected chi connectivity index (χ4v) is 5.21. The van der Waals surface area contributed by atoms with E-state index in [1.807, 2.05) is 0 Å². The Morgan fingerprint density at radius 1 is 0.951 bits per heavy atom. The summed E-state index contributed by atoms with van der Waals surface area (Å²) in [6.07, 6.45) is -9.09. The Hall–Kier alpha value is -3.17. The second-order valence-electron chi connectivity index (χ2n) is 10.4. The molecule has 2 saturated heterocycles. The van der Waals surface area contributed by atoms with Crippen molar-refractivity contribution in [2.24, 2.45) is 0 Å². The van der Waals surface area contributed by atoms with Crippen molar-refractivity contribution in [3.63, 3.8) is 0 Å². The van der Waals surface area contributed by atoms with E-state index in [0.29, 0.717) is 5.56 Å². The molecule has 0 spiro atoms. The van der Waals surface area contributed by atoms with Crippen LogP contribution in [-0.2, 0) is 14.2 Å². The number of fused-ring (bicyclic) bond motifs is 1.